The average molecular weight is 456 g/mol. The quantitative estimate of drug-likeness (QED) is 0.225. The Kier molecular flexibility index (Phi) is 6.59. The summed E-state index contributed by atoms with van der Waals surface area (Å²) in [7, 11) is 0. The summed E-state index contributed by atoms with van der Waals surface area (Å²) in [5.41, 5.74) is 1.74. The molecule has 8 heteroatoms. The zero-order chi connectivity index (χ0) is 20.8. The van der Waals surface area contributed by atoms with Gasteiger partial charge in [0.15, 0.2) is 16.6 Å². The van der Waals surface area contributed by atoms with Crippen LogP contribution < -0.4 is 4.74 Å². The Bertz CT molecular complexity index is 1150. The molecule has 0 bridgehead atoms. The molecule has 4 rings (SSSR count). The number of oxime groups is 1. The second kappa shape index (κ2) is 9.71. The van der Waals surface area contributed by atoms with Crippen molar-refractivity contribution in [2.75, 3.05) is 0 Å². The van der Waals surface area contributed by atoms with Gasteiger partial charge < -0.3 is 9.57 Å². The van der Waals surface area contributed by atoms with Crippen molar-refractivity contribution in [1.29, 1.82) is 0 Å². The Morgan fingerprint density at radius 1 is 0.900 bits per heavy atom. The molecule has 150 valence electrons. The molecule has 1 heterocycles. The first-order chi connectivity index (χ1) is 14.7. The van der Waals surface area contributed by atoms with E-state index in [1.165, 1.54) is 11.3 Å². The van der Waals surface area contributed by atoms with E-state index >= 15 is 0 Å². The van der Waals surface area contributed by atoms with Crippen LogP contribution in [0.25, 0.3) is 10.6 Å². The number of hydrogen-bond donors (Lipinski definition) is 0. The van der Waals surface area contributed by atoms with Gasteiger partial charge in [-0.3, -0.25) is 0 Å². The molecule has 1 aromatic heterocycles. The van der Waals surface area contributed by atoms with Gasteiger partial charge in [0.05, 0.1) is 11.8 Å². The normalized spacial score (nSPS) is 11.0. The summed E-state index contributed by atoms with van der Waals surface area (Å²) in [4.78, 5) is 5.34. The molecule has 5 nitrogen and oxygen atoms in total. The van der Waals surface area contributed by atoms with Gasteiger partial charge in [-0.25, -0.2) is 0 Å². The van der Waals surface area contributed by atoms with E-state index in [4.69, 9.17) is 32.8 Å². The molecular weight excluding hydrogens is 441 g/mol. The molecule has 0 aliphatic rings. The van der Waals surface area contributed by atoms with E-state index in [-0.39, 0.29) is 6.61 Å². The highest BCUT2D eigenvalue weighted by Gasteiger charge is 2.14. The van der Waals surface area contributed by atoms with E-state index in [9.17, 15) is 0 Å². The van der Waals surface area contributed by atoms with Gasteiger partial charge in [-0.2, -0.15) is 0 Å². The van der Waals surface area contributed by atoms with E-state index in [1.807, 2.05) is 36.4 Å². The van der Waals surface area contributed by atoms with Gasteiger partial charge in [-0.1, -0.05) is 70.0 Å². The van der Waals surface area contributed by atoms with Crippen LogP contribution in [-0.4, -0.2) is 16.4 Å². The lowest BCUT2D eigenvalue weighted by Gasteiger charge is -2.10. The van der Waals surface area contributed by atoms with E-state index in [1.54, 1.807) is 42.6 Å². The Morgan fingerprint density at radius 2 is 1.67 bits per heavy atom. The van der Waals surface area contributed by atoms with Gasteiger partial charge in [0.1, 0.15) is 11.5 Å². The van der Waals surface area contributed by atoms with Gasteiger partial charge >= 0.3 is 0 Å². The summed E-state index contributed by atoms with van der Waals surface area (Å²) in [6.07, 6.45) is 1.65. The molecule has 0 N–H and O–H groups in total. The summed E-state index contributed by atoms with van der Waals surface area (Å²) in [5.74, 6) is 1.22. The molecule has 0 atom stereocenters. The maximum absolute atomic E-state index is 6.17. The lowest BCUT2D eigenvalue weighted by molar-refractivity contribution is 0.131. The predicted molar refractivity (Wildman–Crippen MR) is 121 cm³/mol. The summed E-state index contributed by atoms with van der Waals surface area (Å²) in [5, 5.41) is 15.0. The standard InChI is InChI=1S/C22H15Cl2N3O2S/c23-16-6-9-18(10-7-16)29-20-12-17(24)8-11-19(20)22-27-26-21(30-22)14-28-25-13-15-4-2-1-3-5-15/h1-13H,14H2. The van der Waals surface area contributed by atoms with Gasteiger partial charge in [0, 0.05) is 16.1 Å². The fraction of sp³-hybridized carbons (Fsp3) is 0.0455. The average Bonchev–Trinajstić information content (AvgIpc) is 3.22. The van der Waals surface area contributed by atoms with Crippen molar-refractivity contribution in [2.24, 2.45) is 5.16 Å². The summed E-state index contributed by atoms with van der Waals surface area (Å²) in [6.45, 7) is 0.224. The number of halogens is 2. The van der Waals surface area contributed by atoms with E-state index in [0.29, 0.717) is 31.6 Å². The second-order valence-corrected chi connectivity index (χ2v) is 8.05. The molecule has 0 radical (unpaired) electrons. The van der Waals surface area contributed by atoms with Crippen molar-refractivity contribution < 1.29 is 9.57 Å². The predicted octanol–water partition coefficient (Wildman–Crippen LogP) is 6.85. The summed E-state index contributed by atoms with van der Waals surface area (Å²) < 4.78 is 6.00. The molecule has 0 unspecified atom stereocenters. The molecule has 0 aliphatic carbocycles. The molecule has 0 fully saturated rings. The molecular formula is C22H15Cl2N3O2S. The highest BCUT2D eigenvalue weighted by atomic mass is 35.5. The van der Waals surface area contributed by atoms with Crippen LogP contribution in [0.15, 0.2) is 78.0 Å². The molecule has 0 saturated heterocycles. The Hall–Kier alpha value is -2.93. The first-order valence-electron chi connectivity index (χ1n) is 8.93. The number of nitrogens with zero attached hydrogens (tertiary/aromatic N) is 3. The Labute approximate surface area is 187 Å². The lowest BCUT2D eigenvalue weighted by atomic mass is 10.2. The van der Waals surface area contributed by atoms with Crippen LogP contribution in [0.4, 0.5) is 0 Å². The number of benzene rings is 3. The minimum Gasteiger partial charge on any atom is -0.457 e. The largest absolute Gasteiger partial charge is 0.457 e. The van der Waals surface area contributed by atoms with Crippen LogP contribution in [0.2, 0.25) is 10.0 Å². The van der Waals surface area contributed by atoms with Crippen LogP contribution in [0, 0.1) is 0 Å². The number of aromatic nitrogens is 2. The van der Waals surface area contributed by atoms with Gasteiger partial charge in [-0.05, 0) is 42.0 Å². The van der Waals surface area contributed by atoms with Crippen molar-refractivity contribution in [3.05, 3.63) is 93.4 Å². The van der Waals surface area contributed by atoms with Crippen molar-refractivity contribution in [1.82, 2.24) is 10.2 Å². The van der Waals surface area contributed by atoms with Crippen molar-refractivity contribution >= 4 is 40.8 Å². The van der Waals surface area contributed by atoms with E-state index in [0.717, 1.165) is 11.1 Å². The third-order valence-electron chi connectivity index (χ3n) is 3.95. The highest BCUT2D eigenvalue weighted by Crippen LogP contribution is 2.37. The van der Waals surface area contributed by atoms with Crippen molar-refractivity contribution in [2.45, 2.75) is 6.61 Å². The van der Waals surface area contributed by atoms with Crippen molar-refractivity contribution in [3.63, 3.8) is 0 Å². The van der Waals surface area contributed by atoms with Crippen LogP contribution >= 0.6 is 34.5 Å². The molecule has 0 amide bonds. The SMILES string of the molecule is Clc1ccc(Oc2cc(Cl)ccc2-c2nnc(CON=Cc3ccccc3)s2)cc1. The maximum atomic E-state index is 6.17. The summed E-state index contributed by atoms with van der Waals surface area (Å²) >= 11 is 13.5. The minimum atomic E-state index is 0.224. The molecule has 0 saturated carbocycles. The van der Waals surface area contributed by atoms with E-state index < -0.39 is 0 Å². The topological polar surface area (TPSA) is 56.6 Å². The van der Waals surface area contributed by atoms with Crippen LogP contribution in [0.5, 0.6) is 11.5 Å². The molecule has 3 aromatic carbocycles. The zero-order valence-corrected chi connectivity index (χ0v) is 17.9. The van der Waals surface area contributed by atoms with Gasteiger partial charge in [-0.15, -0.1) is 10.2 Å². The monoisotopic (exact) mass is 455 g/mol. The minimum absolute atomic E-state index is 0.224. The fourth-order valence-corrected chi connectivity index (χ4v) is 3.60. The Balaban J connectivity index is 1.47. The molecule has 30 heavy (non-hydrogen) atoms. The summed E-state index contributed by atoms with van der Waals surface area (Å²) in [6, 6.07) is 22.2. The number of hydrogen-bond acceptors (Lipinski definition) is 6. The smallest absolute Gasteiger partial charge is 0.170 e. The zero-order valence-electron chi connectivity index (χ0n) is 15.5. The second-order valence-electron chi connectivity index (χ2n) is 6.12. The first kappa shape index (κ1) is 20.3. The van der Waals surface area contributed by atoms with E-state index in [2.05, 4.69) is 15.4 Å². The van der Waals surface area contributed by atoms with Crippen LogP contribution in [-0.2, 0) is 11.4 Å². The van der Waals surface area contributed by atoms with Crippen molar-refractivity contribution in [3.8, 4) is 22.1 Å². The lowest BCUT2D eigenvalue weighted by Crippen LogP contribution is -1.88. The number of rotatable bonds is 7. The first-order valence-corrected chi connectivity index (χ1v) is 10.5. The molecule has 4 aromatic rings. The maximum Gasteiger partial charge on any atom is 0.170 e. The fourth-order valence-electron chi connectivity index (χ4n) is 2.54. The molecule has 0 aliphatic heterocycles. The third-order valence-corrected chi connectivity index (χ3v) is 5.36. The van der Waals surface area contributed by atoms with Gasteiger partial charge in [0.2, 0.25) is 0 Å². The molecule has 0 spiro atoms. The van der Waals surface area contributed by atoms with Crippen LogP contribution in [0.1, 0.15) is 10.6 Å². The number of ether oxygens (including phenoxy) is 1. The highest BCUT2D eigenvalue weighted by molar-refractivity contribution is 7.14. The van der Waals surface area contributed by atoms with Gasteiger partial charge in [0.25, 0.3) is 0 Å². The Morgan fingerprint density at radius 3 is 2.47 bits per heavy atom. The third kappa shape index (κ3) is 5.36. The van der Waals surface area contributed by atoms with Crippen LogP contribution in [0.3, 0.4) is 0 Å².